The molecule has 0 aliphatic rings. The minimum Gasteiger partial charge on any atom is -0.436 e. The van der Waals surface area contributed by atoms with Crippen LogP contribution in [0.2, 0.25) is 0 Å². The fourth-order valence-corrected chi connectivity index (χ4v) is 3.13. The first-order valence-corrected chi connectivity index (χ1v) is 9.09. The highest BCUT2D eigenvalue weighted by atomic mass is 19.1. The third kappa shape index (κ3) is 3.46. The number of hydrogen-bond acceptors (Lipinski definition) is 6. The Bertz CT molecular complexity index is 1230. The molecule has 3 heterocycles. The van der Waals surface area contributed by atoms with Crippen LogP contribution in [0.3, 0.4) is 0 Å². The van der Waals surface area contributed by atoms with Gasteiger partial charge in [0.25, 0.3) is 11.7 Å². The summed E-state index contributed by atoms with van der Waals surface area (Å²) < 4.78 is 21.6. The van der Waals surface area contributed by atoms with E-state index in [4.69, 9.17) is 4.42 Å². The van der Waals surface area contributed by atoms with Crippen molar-refractivity contribution in [1.82, 2.24) is 24.6 Å². The smallest absolute Gasteiger partial charge is 0.293 e. The number of amides is 1. The Morgan fingerprint density at radius 1 is 1.24 bits per heavy atom. The molecule has 9 heteroatoms. The molecule has 4 aromatic rings. The zero-order chi connectivity index (χ0) is 20.7. The highest BCUT2D eigenvalue weighted by Gasteiger charge is 2.20. The zero-order valence-electron chi connectivity index (χ0n) is 16.4. The van der Waals surface area contributed by atoms with Gasteiger partial charge in [-0.1, -0.05) is 13.8 Å². The van der Waals surface area contributed by atoms with Gasteiger partial charge in [-0.3, -0.25) is 4.79 Å². The molecular weight excluding hydrogens is 375 g/mol. The van der Waals surface area contributed by atoms with Crippen LogP contribution in [-0.4, -0.2) is 30.5 Å². The molecule has 4 rings (SSSR count). The maximum absolute atomic E-state index is 14.7. The van der Waals surface area contributed by atoms with Crippen LogP contribution in [0, 0.1) is 19.7 Å². The molecular formula is C20H19FN6O2. The first-order chi connectivity index (χ1) is 13.8. The van der Waals surface area contributed by atoms with Crippen molar-refractivity contribution in [2.75, 3.05) is 5.32 Å². The number of benzene rings is 1. The Morgan fingerprint density at radius 2 is 2.03 bits per heavy atom. The first-order valence-electron chi connectivity index (χ1n) is 9.09. The van der Waals surface area contributed by atoms with Gasteiger partial charge >= 0.3 is 0 Å². The Kier molecular flexibility index (Phi) is 4.57. The minimum atomic E-state index is -0.453. The van der Waals surface area contributed by atoms with Crippen LogP contribution in [0.25, 0.3) is 17.0 Å². The van der Waals surface area contributed by atoms with Crippen molar-refractivity contribution in [2.45, 2.75) is 33.6 Å². The quantitative estimate of drug-likeness (QED) is 0.563. The second-order valence-corrected chi connectivity index (χ2v) is 7.00. The molecule has 1 N–H and O–H groups in total. The number of fused-ring (bicyclic) bond motifs is 1. The number of carbonyl (C=O) groups excluding carboxylic acids is 1. The van der Waals surface area contributed by atoms with E-state index in [9.17, 15) is 9.18 Å². The SMILES string of the molecule is Cc1nc(C)c(C(=O)Nc2ccc(F)c(-c3nc4ncnn4cc3C(C)C)c2)o1. The summed E-state index contributed by atoms with van der Waals surface area (Å²) in [7, 11) is 0. The van der Waals surface area contributed by atoms with E-state index in [1.807, 2.05) is 13.8 Å². The zero-order valence-corrected chi connectivity index (χ0v) is 16.4. The summed E-state index contributed by atoms with van der Waals surface area (Å²) in [6.45, 7) is 7.33. The van der Waals surface area contributed by atoms with E-state index in [0.29, 0.717) is 28.7 Å². The lowest BCUT2D eigenvalue weighted by Gasteiger charge is -2.14. The molecule has 0 spiro atoms. The molecule has 3 aromatic heterocycles. The number of nitrogens with one attached hydrogen (secondary N) is 1. The van der Waals surface area contributed by atoms with Crippen molar-refractivity contribution < 1.29 is 13.6 Å². The van der Waals surface area contributed by atoms with Gasteiger partial charge in [-0.25, -0.2) is 18.9 Å². The molecule has 1 aromatic carbocycles. The van der Waals surface area contributed by atoms with Crippen molar-refractivity contribution in [3.8, 4) is 11.3 Å². The van der Waals surface area contributed by atoms with Gasteiger partial charge in [0.1, 0.15) is 12.1 Å². The highest BCUT2D eigenvalue weighted by molar-refractivity contribution is 6.03. The van der Waals surface area contributed by atoms with Crippen molar-refractivity contribution in [3.63, 3.8) is 0 Å². The minimum absolute atomic E-state index is 0.0727. The monoisotopic (exact) mass is 394 g/mol. The number of aryl methyl sites for hydroxylation is 2. The van der Waals surface area contributed by atoms with Crippen LogP contribution in [0.5, 0.6) is 0 Å². The summed E-state index contributed by atoms with van der Waals surface area (Å²) in [5, 5.41) is 6.83. The second kappa shape index (κ2) is 7.08. The Labute approximate surface area is 165 Å². The van der Waals surface area contributed by atoms with Gasteiger partial charge in [-0.05, 0) is 36.6 Å². The first kappa shape index (κ1) is 18.7. The van der Waals surface area contributed by atoms with Crippen LogP contribution < -0.4 is 5.32 Å². The number of halogens is 1. The van der Waals surface area contributed by atoms with Gasteiger partial charge in [-0.15, -0.1) is 0 Å². The lowest BCUT2D eigenvalue weighted by molar-refractivity contribution is 0.0994. The topological polar surface area (TPSA) is 98.2 Å². The van der Waals surface area contributed by atoms with Crippen molar-refractivity contribution in [2.24, 2.45) is 0 Å². The van der Waals surface area contributed by atoms with Crippen LogP contribution in [-0.2, 0) is 0 Å². The third-order valence-corrected chi connectivity index (χ3v) is 4.51. The van der Waals surface area contributed by atoms with Gasteiger partial charge in [0.15, 0.2) is 5.89 Å². The van der Waals surface area contributed by atoms with Gasteiger partial charge in [-0.2, -0.15) is 10.1 Å². The summed E-state index contributed by atoms with van der Waals surface area (Å²) >= 11 is 0. The number of nitrogens with zero attached hydrogens (tertiary/aromatic N) is 5. The van der Waals surface area contributed by atoms with Crippen molar-refractivity contribution >= 4 is 17.4 Å². The summed E-state index contributed by atoms with van der Waals surface area (Å²) in [5.41, 5.74) is 2.44. The predicted octanol–water partition coefficient (Wildman–Crippen LogP) is 3.91. The largest absolute Gasteiger partial charge is 0.436 e. The summed E-state index contributed by atoms with van der Waals surface area (Å²) in [5.74, 6) is 0.0622. The van der Waals surface area contributed by atoms with Gasteiger partial charge in [0, 0.05) is 24.4 Å². The molecule has 1 amide bonds. The van der Waals surface area contributed by atoms with E-state index in [1.54, 1.807) is 30.6 Å². The number of rotatable bonds is 4. The van der Waals surface area contributed by atoms with E-state index in [0.717, 1.165) is 5.56 Å². The van der Waals surface area contributed by atoms with Crippen molar-refractivity contribution in [3.05, 3.63) is 59.4 Å². The average molecular weight is 394 g/mol. The molecule has 0 unspecified atom stereocenters. The van der Waals surface area contributed by atoms with Crippen LogP contribution in [0.4, 0.5) is 10.1 Å². The Balaban J connectivity index is 1.76. The second-order valence-electron chi connectivity index (χ2n) is 7.00. The summed E-state index contributed by atoms with van der Waals surface area (Å²) in [6, 6.07) is 4.33. The number of carbonyl (C=O) groups is 1. The number of aromatic nitrogens is 5. The third-order valence-electron chi connectivity index (χ3n) is 4.51. The van der Waals surface area contributed by atoms with E-state index in [-0.39, 0.29) is 17.2 Å². The van der Waals surface area contributed by atoms with Gasteiger partial charge in [0.2, 0.25) is 5.76 Å². The molecule has 148 valence electrons. The predicted molar refractivity (Wildman–Crippen MR) is 104 cm³/mol. The normalized spacial score (nSPS) is 11.4. The Morgan fingerprint density at radius 3 is 2.72 bits per heavy atom. The Hall–Kier alpha value is -3.62. The maximum atomic E-state index is 14.7. The number of hydrogen-bond donors (Lipinski definition) is 1. The molecule has 8 nitrogen and oxygen atoms in total. The summed E-state index contributed by atoms with van der Waals surface area (Å²) in [4.78, 5) is 25.2. The lowest BCUT2D eigenvalue weighted by atomic mass is 9.98. The molecule has 0 saturated heterocycles. The molecule has 29 heavy (non-hydrogen) atoms. The molecule has 0 aliphatic heterocycles. The molecule has 0 atom stereocenters. The van der Waals surface area contributed by atoms with E-state index in [1.165, 1.54) is 18.5 Å². The average Bonchev–Trinajstić information content (AvgIpc) is 3.27. The maximum Gasteiger partial charge on any atom is 0.293 e. The number of anilines is 1. The van der Waals surface area contributed by atoms with Crippen LogP contribution in [0.15, 0.2) is 35.1 Å². The highest BCUT2D eigenvalue weighted by Crippen LogP contribution is 2.31. The van der Waals surface area contributed by atoms with Gasteiger partial charge in [0.05, 0.1) is 11.4 Å². The lowest BCUT2D eigenvalue weighted by Crippen LogP contribution is -2.12. The van der Waals surface area contributed by atoms with Gasteiger partial charge < -0.3 is 9.73 Å². The molecule has 0 bridgehead atoms. The molecule has 0 aliphatic carbocycles. The fourth-order valence-electron chi connectivity index (χ4n) is 3.13. The standard InChI is InChI=1S/C20H19FN6O2/c1-10(2)15-8-27-20(22-9-23-27)26-17(15)14-7-13(5-6-16(14)21)25-19(28)18-11(3)24-12(4)29-18/h5-10H,1-4H3,(H,25,28). The van der Waals surface area contributed by atoms with E-state index in [2.05, 4.69) is 25.4 Å². The number of oxazole rings is 1. The van der Waals surface area contributed by atoms with Crippen molar-refractivity contribution in [1.29, 1.82) is 0 Å². The van der Waals surface area contributed by atoms with Crippen LogP contribution >= 0.6 is 0 Å². The summed E-state index contributed by atoms with van der Waals surface area (Å²) in [6.07, 6.45) is 3.19. The van der Waals surface area contributed by atoms with Crippen LogP contribution in [0.1, 0.15) is 47.5 Å². The molecule has 0 radical (unpaired) electrons. The molecule has 0 fully saturated rings. The van der Waals surface area contributed by atoms with E-state index >= 15 is 0 Å². The molecule has 0 saturated carbocycles. The van der Waals surface area contributed by atoms with E-state index < -0.39 is 11.7 Å². The fraction of sp³-hybridized carbons (Fsp3) is 0.250.